The zero-order valence-electron chi connectivity index (χ0n) is 23.5. The number of carbonyl (C=O) groups excluding carboxylic acids is 2. The molecular formula is C32H29N5O6. The van der Waals surface area contributed by atoms with E-state index >= 15 is 0 Å². The van der Waals surface area contributed by atoms with Crippen molar-refractivity contribution in [3.8, 4) is 0 Å². The molecule has 218 valence electrons. The third-order valence-electron chi connectivity index (χ3n) is 7.60. The van der Waals surface area contributed by atoms with Crippen molar-refractivity contribution in [2.24, 2.45) is 5.92 Å². The molecule has 2 amide bonds. The molecule has 3 N–H and O–H groups in total. The second-order valence-electron chi connectivity index (χ2n) is 10.7. The molecule has 1 fully saturated rings. The minimum atomic E-state index is -0.976. The molecule has 0 bridgehead atoms. The van der Waals surface area contributed by atoms with E-state index in [2.05, 4.69) is 20.8 Å². The molecule has 1 aliphatic heterocycles. The molecule has 0 spiro atoms. The smallest absolute Gasteiger partial charge is 0.308 e. The number of hydrogen-bond acceptors (Lipinski definition) is 8. The van der Waals surface area contributed by atoms with E-state index in [0.29, 0.717) is 28.6 Å². The van der Waals surface area contributed by atoms with Gasteiger partial charge in [0.1, 0.15) is 11.3 Å². The van der Waals surface area contributed by atoms with Crippen LogP contribution in [0.5, 0.6) is 0 Å². The van der Waals surface area contributed by atoms with Crippen molar-refractivity contribution in [2.75, 3.05) is 23.7 Å². The quantitative estimate of drug-likeness (QED) is 0.222. The Labute approximate surface area is 246 Å². The lowest BCUT2D eigenvalue weighted by molar-refractivity contribution is -0.141. The van der Waals surface area contributed by atoms with Crippen LogP contribution >= 0.6 is 0 Å². The van der Waals surface area contributed by atoms with Gasteiger partial charge < -0.3 is 29.6 Å². The number of hydrogen-bond donors (Lipinski definition) is 3. The molecule has 11 heteroatoms. The lowest BCUT2D eigenvalue weighted by Crippen LogP contribution is -2.30. The third kappa shape index (κ3) is 5.96. The lowest BCUT2D eigenvalue weighted by atomic mass is 9.89. The number of carboxylic acids is 1. The van der Waals surface area contributed by atoms with Crippen molar-refractivity contribution < 1.29 is 28.4 Å². The number of aromatic nitrogens is 2. The zero-order valence-corrected chi connectivity index (χ0v) is 23.5. The minimum Gasteiger partial charge on any atom is -0.481 e. The first kappa shape index (κ1) is 27.7. The summed E-state index contributed by atoms with van der Waals surface area (Å²) in [5.41, 5.74) is 5.48. The Morgan fingerprint density at radius 3 is 2.51 bits per heavy atom. The molecule has 0 saturated carbocycles. The number of anilines is 3. The normalized spacial score (nSPS) is 16.4. The molecule has 2 unspecified atom stereocenters. The highest BCUT2D eigenvalue weighted by atomic mass is 16.5. The van der Waals surface area contributed by atoms with Crippen molar-refractivity contribution in [3.63, 3.8) is 0 Å². The van der Waals surface area contributed by atoms with Gasteiger partial charge in [0.15, 0.2) is 11.3 Å². The Kier molecular flexibility index (Phi) is 7.37. The van der Waals surface area contributed by atoms with E-state index in [-0.39, 0.29) is 37.0 Å². The first-order valence-corrected chi connectivity index (χ1v) is 13.8. The molecule has 2 aromatic heterocycles. The van der Waals surface area contributed by atoms with Crippen molar-refractivity contribution in [3.05, 3.63) is 101 Å². The van der Waals surface area contributed by atoms with Gasteiger partial charge >= 0.3 is 5.97 Å². The van der Waals surface area contributed by atoms with Gasteiger partial charge in [-0.25, -0.2) is 0 Å². The van der Waals surface area contributed by atoms with Gasteiger partial charge in [0.2, 0.25) is 5.91 Å². The third-order valence-corrected chi connectivity index (χ3v) is 7.60. The number of oxazole rings is 1. The molecule has 43 heavy (non-hydrogen) atoms. The predicted molar refractivity (Wildman–Crippen MR) is 158 cm³/mol. The Bertz CT molecular complexity index is 1830. The highest BCUT2D eigenvalue weighted by molar-refractivity contribution is 5.94. The fourth-order valence-corrected chi connectivity index (χ4v) is 5.35. The summed E-state index contributed by atoms with van der Waals surface area (Å²) in [6, 6.07) is 22.2. The average Bonchev–Trinajstić information content (AvgIpc) is 3.72. The summed E-state index contributed by atoms with van der Waals surface area (Å²) >= 11 is 0. The molecule has 0 aliphatic carbocycles. The molecule has 6 rings (SSSR count). The number of fused-ring (bicyclic) bond motifs is 1. The van der Waals surface area contributed by atoms with Crippen LogP contribution in [-0.2, 0) is 16.0 Å². The van der Waals surface area contributed by atoms with Gasteiger partial charge in [-0.05, 0) is 60.9 Å². The van der Waals surface area contributed by atoms with E-state index in [1.165, 1.54) is 11.0 Å². The van der Waals surface area contributed by atoms with Crippen LogP contribution in [-0.4, -0.2) is 51.0 Å². The molecule has 1 aliphatic rings. The summed E-state index contributed by atoms with van der Waals surface area (Å²) in [6.45, 7) is 3.99. The number of aliphatic carboxylic acids is 1. The first-order chi connectivity index (χ1) is 20.7. The summed E-state index contributed by atoms with van der Waals surface area (Å²) in [5.74, 6) is -2.22. The number of likely N-dealkylation sites (tertiary alicyclic amines) is 1. The highest BCUT2D eigenvalue weighted by Gasteiger charge is 2.41. The van der Waals surface area contributed by atoms with Crippen LogP contribution in [0.4, 0.5) is 17.4 Å². The van der Waals surface area contributed by atoms with Gasteiger partial charge in [-0.2, -0.15) is 4.98 Å². The summed E-state index contributed by atoms with van der Waals surface area (Å²) in [7, 11) is 0. The SMILES string of the molecule is Cc1cc(C(=O)N2CC(C(=O)O)C(c3ccc(NC(=O)Cc4ccc5nc(Nc6ccccc6C)oc5c4)cc3)C2)no1. The largest absolute Gasteiger partial charge is 0.481 e. The number of aryl methyl sites for hydroxylation is 2. The number of nitrogens with zero attached hydrogens (tertiary/aromatic N) is 3. The Hall–Kier alpha value is -5.45. The minimum absolute atomic E-state index is 0.0716. The molecule has 1 saturated heterocycles. The molecule has 3 aromatic carbocycles. The Morgan fingerprint density at radius 2 is 1.79 bits per heavy atom. The topological polar surface area (TPSA) is 151 Å². The molecule has 0 radical (unpaired) electrons. The van der Waals surface area contributed by atoms with Crippen LogP contribution in [0.15, 0.2) is 81.7 Å². The van der Waals surface area contributed by atoms with E-state index in [0.717, 1.165) is 22.4 Å². The fraction of sp³-hybridized carbons (Fsp3) is 0.219. The van der Waals surface area contributed by atoms with Crippen LogP contribution in [0.2, 0.25) is 0 Å². The lowest BCUT2D eigenvalue weighted by Gasteiger charge is -2.16. The van der Waals surface area contributed by atoms with Crippen LogP contribution in [0.25, 0.3) is 11.1 Å². The summed E-state index contributed by atoms with van der Waals surface area (Å²) in [6.07, 6.45) is 0.126. The van der Waals surface area contributed by atoms with Gasteiger partial charge in [-0.15, -0.1) is 0 Å². The number of carboxylic acid groups (broad SMARTS) is 1. The standard InChI is InChI=1S/C32H29N5O6/c1-18-5-3-4-6-25(18)34-32-35-26-12-7-20(14-28(26)42-32)15-29(38)33-22-10-8-21(9-11-22)23-16-37(17-24(23)31(40)41)30(39)27-13-19(2)43-36-27/h3-14,23-24H,15-17H2,1-2H3,(H,33,38)(H,34,35)(H,40,41). The zero-order chi connectivity index (χ0) is 30.1. The van der Waals surface area contributed by atoms with Crippen LogP contribution < -0.4 is 10.6 Å². The van der Waals surface area contributed by atoms with E-state index in [1.807, 2.05) is 43.3 Å². The summed E-state index contributed by atoms with van der Waals surface area (Å²) in [4.78, 5) is 43.7. The number of carbonyl (C=O) groups is 3. The van der Waals surface area contributed by atoms with E-state index in [4.69, 9.17) is 8.94 Å². The second-order valence-corrected chi connectivity index (χ2v) is 10.7. The van der Waals surface area contributed by atoms with Crippen molar-refractivity contribution in [1.82, 2.24) is 15.0 Å². The number of amides is 2. The Morgan fingerprint density at radius 1 is 1.00 bits per heavy atom. The first-order valence-electron chi connectivity index (χ1n) is 13.8. The Balaban J connectivity index is 1.09. The molecular weight excluding hydrogens is 550 g/mol. The van der Waals surface area contributed by atoms with E-state index in [9.17, 15) is 19.5 Å². The number of para-hydroxylation sites is 1. The highest BCUT2D eigenvalue weighted by Crippen LogP contribution is 2.34. The van der Waals surface area contributed by atoms with Gasteiger partial charge in [0, 0.05) is 36.4 Å². The monoisotopic (exact) mass is 579 g/mol. The summed E-state index contributed by atoms with van der Waals surface area (Å²) in [5, 5.41) is 19.7. The van der Waals surface area contributed by atoms with Crippen LogP contribution in [0.3, 0.4) is 0 Å². The fourth-order valence-electron chi connectivity index (χ4n) is 5.35. The van der Waals surface area contributed by atoms with Gasteiger partial charge in [0.25, 0.3) is 11.9 Å². The molecule has 5 aromatic rings. The maximum Gasteiger partial charge on any atom is 0.308 e. The maximum absolute atomic E-state index is 12.8. The van der Waals surface area contributed by atoms with Gasteiger partial charge in [-0.3, -0.25) is 14.4 Å². The summed E-state index contributed by atoms with van der Waals surface area (Å²) < 4.78 is 10.9. The second kappa shape index (κ2) is 11.4. The predicted octanol–water partition coefficient (Wildman–Crippen LogP) is 5.30. The van der Waals surface area contributed by atoms with Crippen molar-refractivity contribution >= 4 is 46.3 Å². The van der Waals surface area contributed by atoms with Crippen LogP contribution in [0.1, 0.15) is 38.9 Å². The van der Waals surface area contributed by atoms with E-state index in [1.54, 1.807) is 37.3 Å². The molecule has 11 nitrogen and oxygen atoms in total. The van der Waals surface area contributed by atoms with Crippen LogP contribution in [0, 0.1) is 19.8 Å². The molecule has 3 heterocycles. The number of nitrogens with one attached hydrogen (secondary N) is 2. The van der Waals surface area contributed by atoms with Gasteiger partial charge in [-0.1, -0.05) is 41.6 Å². The van der Waals surface area contributed by atoms with Gasteiger partial charge in [0.05, 0.1) is 12.3 Å². The van der Waals surface area contributed by atoms with Crippen molar-refractivity contribution in [2.45, 2.75) is 26.2 Å². The maximum atomic E-state index is 12.8. The number of rotatable bonds is 8. The molecule has 2 atom stereocenters. The average molecular weight is 580 g/mol. The van der Waals surface area contributed by atoms with Crippen molar-refractivity contribution in [1.29, 1.82) is 0 Å². The number of benzene rings is 3. The van der Waals surface area contributed by atoms with E-state index < -0.39 is 17.8 Å².